The first-order chi connectivity index (χ1) is 12.2. The molecule has 142 valence electrons. The highest BCUT2D eigenvalue weighted by Gasteiger charge is 2.02. The minimum atomic E-state index is 0.183. The van der Waals surface area contributed by atoms with Crippen LogP contribution >= 0.6 is 0 Å². The number of allylic oxidation sites excluding steroid dienone is 4. The molecule has 4 nitrogen and oxygen atoms in total. The summed E-state index contributed by atoms with van der Waals surface area (Å²) in [5.74, 6) is 1.07. The van der Waals surface area contributed by atoms with E-state index in [0.29, 0.717) is 51.6 Å². The largest absolute Gasteiger partial charge is 0.379 e. The van der Waals surface area contributed by atoms with Crippen LogP contribution in [0, 0.1) is 5.92 Å². The van der Waals surface area contributed by atoms with Gasteiger partial charge in [-0.05, 0) is 44.1 Å². The van der Waals surface area contributed by atoms with Crippen LogP contribution in [-0.2, 0) is 19.1 Å². The lowest BCUT2D eigenvalue weighted by Gasteiger charge is -2.07. The number of hydrogen-bond donors (Lipinski definition) is 0. The van der Waals surface area contributed by atoms with Crippen molar-refractivity contribution in [2.75, 3.05) is 26.4 Å². The van der Waals surface area contributed by atoms with Crippen molar-refractivity contribution < 1.29 is 19.1 Å². The fourth-order valence-electron chi connectivity index (χ4n) is 2.69. The number of hydrogen-bond acceptors (Lipinski definition) is 4. The zero-order valence-electron chi connectivity index (χ0n) is 15.7. The number of ketones is 2. The standard InChI is InChI=1S/C21H34O4/c1-19-9-3-2-4-11-20(22)13-7-15-24-17-18-25-16-8-14-21(23)12-6-5-10-19/h4-6,11,19H,2-3,7-10,12-18H2,1H3. The van der Waals surface area contributed by atoms with Gasteiger partial charge in [0, 0.05) is 32.5 Å². The molecule has 0 N–H and O–H groups in total. The van der Waals surface area contributed by atoms with Crippen LogP contribution in [0.4, 0.5) is 0 Å². The van der Waals surface area contributed by atoms with Gasteiger partial charge in [-0.1, -0.05) is 31.6 Å². The molecule has 0 bridgehead atoms. The molecule has 1 heterocycles. The Morgan fingerprint density at radius 2 is 1.60 bits per heavy atom. The van der Waals surface area contributed by atoms with Crippen LogP contribution in [0.5, 0.6) is 0 Å². The van der Waals surface area contributed by atoms with Gasteiger partial charge in [0.05, 0.1) is 13.2 Å². The molecule has 4 heteroatoms. The Kier molecular flexibility index (Phi) is 13.1. The smallest absolute Gasteiger partial charge is 0.155 e. The van der Waals surface area contributed by atoms with Gasteiger partial charge in [0.15, 0.2) is 5.78 Å². The molecule has 0 amide bonds. The zero-order chi connectivity index (χ0) is 18.2. The van der Waals surface area contributed by atoms with E-state index in [2.05, 4.69) is 13.0 Å². The summed E-state index contributed by atoms with van der Waals surface area (Å²) in [5.41, 5.74) is 0. The summed E-state index contributed by atoms with van der Waals surface area (Å²) in [6.45, 7) is 4.50. The maximum absolute atomic E-state index is 11.8. The minimum Gasteiger partial charge on any atom is -0.379 e. The first-order valence-corrected chi connectivity index (χ1v) is 9.70. The van der Waals surface area contributed by atoms with Crippen molar-refractivity contribution in [3.05, 3.63) is 24.3 Å². The van der Waals surface area contributed by atoms with Crippen molar-refractivity contribution in [1.82, 2.24) is 0 Å². The Morgan fingerprint density at radius 3 is 2.36 bits per heavy atom. The topological polar surface area (TPSA) is 52.6 Å². The van der Waals surface area contributed by atoms with Crippen LogP contribution in [0.15, 0.2) is 24.3 Å². The molecule has 1 rings (SSSR count). The SMILES string of the molecule is CC1CC=CCC(=O)CCCOCCOCCCC(=O)C=CCCC1. The number of ether oxygens (including phenoxy) is 2. The summed E-state index contributed by atoms with van der Waals surface area (Å²) >= 11 is 0. The Hall–Kier alpha value is -1.26. The maximum Gasteiger partial charge on any atom is 0.155 e. The molecule has 0 aromatic rings. The van der Waals surface area contributed by atoms with Gasteiger partial charge in [-0.3, -0.25) is 9.59 Å². The minimum absolute atomic E-state index is 0.183. The van der Waals surface area contributed by atoms with E-state index in [4.69, 9.17) is 9.47 Å². The Labute approximate surface area is 152 Å². The Morgan fingerprint density at radius 1 is 0.880 bits per heavy atom. The molecule has 0 aliphatic carbocycles. The molecule has 1 unspecified atom stereocenters. The van der Waals surface area contributed by atoms with Gasteiger partial charge in [0.1, 0.15) is 5.78 Å². The average Bonchev–Trinajstić information content (AvgIpc) is 2.59. The average molecular weight is 350 g/mol. The van der Waals surface area contributed by atoms with E-state index in [1.807, 2.05) is 12.2 Å². The van der Waals surface area contributed by atoms with E-state index in [1.165, 1.54) is 0 Å². The van der Waals surface area contributed by atoms with E-state index in [9.17, 15) is 9.59 Å². The van der Waals surface area contributed by atoms with Crippen molar-refractivity contribution in [2.45, 2.75) is 64.7 Å². The molecule has 1 atom stereocenters. The summed E-state index contributed by atoms with van der Waals surface area (Å²) in [6, 6.07) is 0. The van der Waals surface area contributed by atoms with Gasteiger partial charge in [-0.25, -0.2) is 0 Å². The predicted molar refractivity (Wildman–Crippen MR) is 101 cm³/mol. The summed E-state index contributed by atoms with van der Waals surface area (Å²) in [6.07, 6.45) is 15.2. The van der Waals surface area contributed by atoms with Crippen LogP contribution < -0.4 is 0 Å². The lowest BCUT2D eigenvalue weighted by atomic mass is 9.99. The van der Waals surface area contributed by atoms with Crippen molar-refractivity contribution >= 4 is 11.6 Å². The van der Waals surface area contributed by atoms with E-state index in [0.717, 1.165) is 38.5 Å². The third-order valence-corrected chi connectivity index (χ3v) is 4.25. The third kappa shape index (κ3) is 13.7. The molecule has 1 aliphatic rings. The molecular weight excluding hydrogens is 316 g/mol. The maximum atomic E-state index is 11.8. The van der Waals surface area contributed by atoms with E-state index >= 15 is 0 Å². The summed E-state index contributed by atoms with van der Waals surface area (Å²) < 4.78 is 10.9. The molecule has 0 fully saturated rings. The second kappa shape index (κ2) is 15.0. The van der Waals surface area contributed by atoms with Crippen LogP contribution in [0.3, 0.4) is 0 Å². The van der Waals surface area contributed by atoms with Gasteiger partial charge >= 0.3 is 0 Å². The van der Waals surface area contributed by atoms with Gasteiger partial charge in [-0.15, -0.1) is 0 Å². The molecule has 25 heavy (non-hydrogen) atoms. The number of rotatable bonds is 0. The molecule has 0 spiro atoms. The molecule has 0 radical (unpaired) electrons. The number of Topliss-reactive ketones (excluding diaryl/α,β-unsaturated/α-hetero) is 1. The second-order valence-electron chi connectivity index (χ2n) is 6.79. The molecule has 1 aliphatic heterocycles. The second-order valence-corrected chi connectivity index (χ2v) is 6.79. The first kappa shape index (κ1) is 21.8. The third-order valence-electron chi connectivity index (χ3n) is 4.25. The van der Waals surface area contributed by atoms with Gasteiger partial charge in [0.2, 0.25) is 0 Å². The lowest BCUT2D eigenvalue weighted by molar-refractivity contribution is -0.118. The quantitative estimate of drug-likeness (QED) is 0.606. The monoisotopic (exact) mass is 350 g/mol. The number of carbonyl (C=O) groups excluding carboxylic acids is 2. The van der Waals surface area contributed by atoms with Crippen LogP contribution in [-0.4, -0.2) is 38.0 Å². The van der Waals surface area contributed by atoms with E-state index in [-0.39, 0.29) is 11.6 Å². The van der Waals surface area contributed by atoms with Crippen LogP contribution in [0.2, 0.25) is 0 Å². The molecule has 0 saturated carbocycles. The molecule has 0 aromatic heterocycles. The van der Waals surface area contributed by atoms with Gasteiger partial charge in [-0.2, -0.15) is 0 Å². The highest BCUT2D eigenvalue weighted by molar-refractivity contribution is 5.89. The summed E-state index contributed by atoms with van der Waals surface area (Å²) in [4.78, 5) is 23.5. The summed E-state index contributed by atoms with van der Waals surface area (Å²) in [7, 11) is 0. The van der Waals surface area contributed by atoms with Crippen molar-refractivity contribution in [2.24, 2.45) is 5.92 Å². The summed E-state index contributed by atoms with van der Waals surface area (Å²) in [5, 5.41) is 0. The first-order valence-electron chi connectivity index (χ1n) is 9.70. The molecule has 0 saturated heterocycles. The van der Waals surface area contributed by atoms with E-state index in [1.54, 1.807) is 6.08 Å². The normalized spacial score (nSPS) is 24.4. The zero-order valence-corrected chi connectivity index (χ0v) is 15.7. The molecular formula is C21H34O4. The Bertz CT molecular complexity index is 426. The van der Waals surface area contributed by atoms with Crippen molar-refractivity contribution in [3.8, 4) is 0 Å². The fourth-order valence-corrected chi connectivity index (χ4v) is 2.69. The van der Waals surface area contributed by atoms with Crippen LogP contribution in [0.25, 0.3) is 0 Å². The predicted octanol–water partition coefficient (Wildman–Crippen LogP) is 4.43. The Balaban J connectivity index is 2.34. The van der Waals surface area contributed by atoms with Gasteiger partial charge in [0.25, 0.3) is 0 Å². The fraction of sp³-hybridized carbons (Fsp3) is 0.714. The lowest BCUT2D eigenvalue weighted by Crippen LogP contribution is -2.08. The van der Waals surface area contributed by atoms with Gasteiger partial charge < -0.3 is 9.47 Å². The van der Waals surface area contributed by atoms with E-state index < -0.39 is 0 Å². The molecule has 0 aromatic carbocycles. The number of carbonyl (C=O) groups is 2. The van der Waals surface area contributed by atoms with Crippen molar-refractivity contribution in [1.29, 1.82) is 0 Å². The highest BCUT2D eigenvalue weighted by Crippen LogP contribution is 2.13. The van der Waals surface area contributed by atoms with Crippen LogP contribution in [0.1, 0.15) is 64.7 Å². The van der Waals surface area contributed by atoms with Crippen molar-refractivity contribution in [3.63, 3.8) is 0 Å². The highest BCUT2D eigenvalue weighted by atomic mass is 16.5.